The van der Waals surface area contributed by atoms with E-state index in [-0.39, 0.29) is 57.1 Å². The summed E-state index contributed by atoms with van der Waals surface area (Å²) in [6.07, 6.45) is 9.05. The minimum Gasteiger partial charge on any atom is -0.478 e. The van der Waals surface area contributed by atoms with E-state index in [2.05, 4.69) is 27.7 Å². The summed E-state index contributed by atoms with van der Waals surface area (Å²) < 4.78 is 5.38. The van der Waals surface area contributed by atoms with Gasteiger partial charge < -0.3 is 9.84 Å². The molecule has 0 bridgehead atoms. The van der Waals surface area contributed by atoms with Crippen molar-refractivity contribution in [1.29, 1.82) is 0 Å². The van der Waals surface area contributed by atoms with Gasteiger partial charge in [-0.3, -0.25) is 14.4 Å². The fourth-order valence-electron chi connectivity index (χ4n) is 9.89. The predicted octanol–water partition coefficient (Wildman–Crippen LogP) is 5.55. The lowest BCUT2D eigenvalue weighted by atomic mass is 9.35. The van der Waals surface area contributed by atoms with Crippen LogP contribution in [0.25, 0.3) is 0 Å². The summed E-state index contributed by atoms with van der Waals surface area (Å²) in [5.41, 5.74) is -1.17. The summed E-state index contributed by atoms with van der Waals surface area (Å²) in [7, 11) is 1.46. The van der Waals surface area contributed by atoms with Crippen LogP contribution in [0.15, 0.2) is 23.3 Å². The third kappa shape index (κ3) is 3.22. The molecule has 0 aromatic rings. The Morgan fingerprint density at radius 3 is 2.24 bits per heavy atom. The van der Waals surface area contributed by atoms with Gasteiger partial charge in [0.1, 0.15) is 0 Å². The van der Waals surface area contributed by atoms with Crippen molar-refractivity contribution in [2.24, 2.45) is 50.7 Å². The lowest BCUT2D eigenvalue weighted by Gasteiger charge is -2.68. The average molecular weight is 511 g/mol. The molecule has 6 nitrogen and oxygen atoms in total. The maximum atomic E-state index is 14.3. The van der Waals surface area contributed by atoms with E-state index < -0.39 is 22.7 Å². The Labute approximate surface area is 220 Å². The third-order valence-electron chi connectivity index (χ3n) is 12.2. The van der Waals surface area contributed by atoms with E-state index in [0.29, 0.717) is 6.42 Å². The minimum absolute atomic E-state index is 0.0353. The number of Topliss-reactive ketones (excluding diaryl/α,β-unsaturated/α-hetero) is 1. The molecular weight excluding hydrogens is 468 g/mol. The second-order valence-electron chi connectivity index (χ2n) is 14.3. The lowest BCUT2D eigenvalue weighted by Crippen LogP contribution is -2.65. The number of rotatable bonds is 2. The molecule has 0 heterocycles. The Morgan fingerprint density at radius 1 is 0.973 bits per heavy atom. The van der Waals surface area contributed by atoms with Gasteiger partial charge >= 0.3 is 11.9 Å². The molecule has 5 aliphatic carbocycles. The molecule has 5 aliphatic rings. The fraction of sp³-hybridized carbons (Fsp3) is 0.742. The number of carboxylic acids is 1. The van der Waals surface area contributed by atoms with Crippen LogP contribution in [0.5, 0.6) is 0 Å². The summed E-state index contributed by atoms with van der Waals surface area (Å²) in [6, 6.07) is 0. The summed E-state index contributed by atoms with van der Waals surface area (Å²) in [4.78, 5) is 52.6. The summed E-state index contributed by atoms with van der Waals surface area (Å²) in [5.74, 6) is -2.46. The Balaban J connectivity index is 1.69. The number of hydrogen-bond acceptors (Lipinski definition) is 5. The van der Waals surface area contributed by atoms with Crippen LogP contribution in [0.3, 0.4) is 0 Å². The number of esters is 1. The molecule has 0 aliphatic heterocycles. The summed E-state index contributed by atoms with van der Waals surface area (Å²) in [6.45, 7) is 12.9. The standard InChI is InChI=1S/C31H42O6/c1-17-19-8-9-29(5)22(28(19,4)15-18(24(17)33)25(34)35)14-21(32)23-20-16-27(2,3)10-12-31(20,26(36)37-7)13-11-30(23,29)6/h14-15,17,19-20,23H,8-13,16H2,1-7H3,(H,34,35). The average Bonchev–Trinajstić information content (AvgIpc) is 2.82. The SMILES string of the molecule is COC(=O)C12CCC(C)(C)CC1C1C(=O)C=C3C4(C)C=C(C(=O)O)C(=O)C(C)C4CCC3(C)C1(C)CC2. The highest BCUT2D eigenvalue weighted by Gasteiger charge is 2.70. The van der Waals surface area contributed by atoms with Crippen LogP contribution >= 0.6 is 0 Å². The molecule has 0 saturated heterocycles. The number of carbonyl (C=O) groups excluding carboxylic acids is 3. The molecule has 0 amide bonds. The minimum atomic E-state index is -1.19. The highest BCUT2D eigenvalue weighted by molar-refractivity contribution is 6.18. The van der Waals surface area contributed by atoms with Gasteiger partial charge in [0.2, 0.25) is 0 Å². The molecule has 0 spiro atoms. The van der Waals surface area contributed by atoms with E-state index in [1.165, 1.54) is 7.11 Å². The number of carboxylic acid groups (broad SMARTS) is 1. The van der Waals surface area contributed by atoms with E-state index in [1.54, 1.807) is 6.08 Å². The van der Waals surface area contributed by atoms with Crippen molar-refractivity contribution in [1.82, 2.24) is 0 Å². The van der Waals surface area contributed by atoms with E-state index in [1.807, 2.05) is 19.9 Å². The van der Waals surface area contributed by atoms with E-state index in [4.69, 9.17) is 4.74 Å². The molecule has 0 aromatic heterocycles. The van der Waals surface area contributed by atoms with Gasteiger partial charge in [0, 0.05) is 17.3 Å². The molecule has 8 unspecified atom stereocenters. The smallest absolute Gasteiger partial charge is 0.339 e. The quantitative estimate of drug-likeness (QED) is 0.386. The zero-order valence-electron chi connectivity index (χ0n) is 23.4. The number of carbonyl (C=O) groups is 4. The van der Waals surface area contributed by atoms with Crippen molar-refractivity contribution in [2.45, 2.75) is 86.5 Å². The first-order valence-corrected chi connectivity index (χ1v) is 13.9. The molecule has 8 atom stereocenters. The van der Waals surface area contributed by atoms with Crippen molar-refractivity contribution in [3.8, 4) is 0 Å². The van der Waals surface area contributed by atoms with E-state index >= 15 is 0 Å². The van der Waals surface area contributed by atoms with Gasteiger partial charge in [-0.15, -0.1) is 0 Å². The van der Waals surface area contributed by atoms with Gasteiger partial charge in [-0.05, 0) is 79.1 Å². The van der Waals surface area contributed by atoms with Crippen LogP contribution < -0.4 is 0 Å². The van der Waals surface area contributed by atoms with Crippen LogP contribution in [0, 0.1) is 50.7 Å². The van der Waals surface area contributed by atoms with Gasteiger partial charge in [0.05, 0.1) is 18.1 Å². The summed E-state index contributed by atoms with van der Waals surface area (Å²) in [5, 5.41) is 9.84. The van der Waals surface area contributed by atoms with Gasteiger partial charge in [0.25, 0.3) is 0 Å². The number of methoxy groups -OCH3 is 1. The monoisotopic (exact) mass is 510 g/mol. The van der Waals surface area contributed by atoms with Crippen molar-refractivity contribution in [3.05, 3.63) is 23.3 Å². The molecule has 3 saturated carbocycles. The second kappa shape index (κ2) is 7.89. The summed E-state index contributed by atoms with van der Waals surface area (Å²) >= 11 is 0. The number of aliphatic carboxylic acids is 1. The first-order valence-electron chi connectivity index (χ1n) is 13.9. The lowest BCUT2D eigenvalue weighted by molar-refractivity contribution is -0.190. The van der Waals surface area contributed by atoms with Gasteiger partial charge in [-0.25, -0.2) is 4.79 Å². The Bertz CT molecular complexity index is 1160. The molecule has 0 aromatic carbocycles. The van der Waals surface area contributed by atoms with Crippen LogP contribution in [0.2, 0.25) is 0 Å². The van der Waals surface area contributed by atoms with Crippen LogP contribution in [-0.4, -0.2) is 35.7 Å². The second-order valence-corrected chi connectivity index (χ2v) is 14.3. The molecular formula is C31H42O6. The molecule has 6 heteroatoms. The van der Waals surface area contributed by atoms with Gasteiger partial charge in [0.15, 0.2) is 11.6 Å². The molecule has 1 N–H and O–H groups in total. The van der Waals surface area contributed by atoms with Gasteiger partial charge in [-0.2, -0.15) is 0 Å². The first kappa shape index (κ1) is 26.4. The van der Waals surface area contributed by atoms with Crippen molar-refractivity contribution < 1.29 is 29.0 Å². The largest absolute Gasteiger partial charge is 0.478 e. The van der Waals surface area contributed by atoms with Gasteiger partial charge in [-0.1, -0.05) is 53.2 Å². The number of fused-ring (bicyclic) bond motifs is 7. The highest BCUT2D eigenvalue weighted by atomic mass is 16.5. The third-order valence-corrected chi connectivity index (χ3v) is 12.2. The maximum Gasteiger partial charge on any atom is 0.339 e. The Kier molecular flexibility index (Phi) is 5.62. The number of hydrogen-bond donors (Lipinski definition) is 1. The normalized spacial score (nSPS) is 46.4. The maximum absolute atomic E-state index is 14.3. The van der Waals surface area contributed by atoms with Crippen LogP contribution in [0.1, 0.15) is 86.5 Å². The molecule has 0 radical (unpaired) electrons. The van der Waals surface area contributed by atoms with Crippen molar-refractivity contribution in [3.63, 3.8) is 0 Å². The molecule has 3 fully saturated rings. The highest BCUT2D eigenvalue weighted by Crippen LogP contribution is 2.73. The van der Waals surface area contributed by atoms with Crippen LogP contribution in [0.4, 0.5) is 0 Å². The van der Waals surface area contributed by atoms with E-state index in [9.17, 15) is 24.3 Å². The topological polar surface area (TPSA) is 97.7 Å². The Hall–Kier alpha value is -2.24. The number of ether oxygens (including phenoxy) is 1. The zero-order valence-corrected chi connectivity index (χ0v) is 23.4. The van der Waals surface area contributed by atoms with Crippen molar-refractivity contribution in [2.75, 3.05) is 7.11 Å². The van der Waals surface area contributed by atoms with Crippen molar-refractivity contribution >= 4 is 23.5 Å². The molecule has 37 heavy (non-hydrogen) atoms. The number of allylic oxidation sites excluding steroid dienone is 3. The van der Waals surface area contributed by atoms with E-state index in [0.717, 1.165) is 44.1 Å². The first-order chi connectivity index (χ1) is 17.1. The predicted molar refractivity (Wildman–Crippen MR) is 138 cm³/mol. The molecule has 202 valence electrons. The fourth-order valence-corrected chi connectivity index (χ4v) is 9.89. The van der Waals surface area contributed by atoms with Crippen LogP contribution in [-0.2, 0) is 23.9 Å². The zero-order chi connectivity index (χ0) is 27.3. The number of ketones is 2. The molecule has 5 rings (SSSR count). The Morgan fingerprint density at radius 2 is 1.62 bits per heavy atom.